The Morgan fingerprint density at radius 3 is 2.52 bits per heavy atom. The molecule has 140 valence electrons. The molecule has 1 aromatic carbocycles. The average molecular weight is 366 g/mol. The lowest BCUT2D eigenvalue weighted by atomic mass is 9.80. The predicted octanol–water partition coefficient (Wildman–Crippen LogP) is 3.38. The number of carbonyl (C=O) groups excluding carboxylic acids is 1. The molecule has 0 saturated carbocycles. The highest BCUT2D eigenvalue weighted by molar-refractivity contribution is 7.91. The van der Waals surface area contributed by atoms with E-state index >= 15 is 0 Å². The highest BCUT2D eigenvalue weighted by atomic mass is 32.2. The summed E-state index contributed by atoms with van der Waals surface area (Å²) in [6, 6.07) is 8.51. The number of sulfone groups is 1. The van der Waals surface area contributed by atoms with Crippen LogP contribution in [0.2, 0.25) is 0 Å². The summed E-state index contributed by atoms with van der Waals surface area (Å²) in [6.45, 7) is 7.06. The Morgan fingerprint density at radius 1 is 1.24 bits per heavy atom. The van der Waals surface area contributed by atoms with Gasteiger partial charge in [-0.15, -0.1) is 0 Å². The Kier molecular flexibility index (Phi) is 6.66. The van der Waals surface area contributed by atoms with Crippen molar-refractivity contribution in [3.05, 3.63) is 35.4 Å². The van der Waals surface area contributed by atoms with Crippen molar-refractivity contribution in [1.82, 2.24) is 5.32 Å². The molecule has 1 atom stereocenters. The third-order valence-corrected chi connectivity index (χ3v) is 7.09. The summed E-state index contributed by atoms with van der Waals surface area (Å²) in [5.41, 5.74) is 2.48. The summed E-state index contributed by atoms with van der Waals surface area (Å²) in [6.07, 6.45) is 3.84. The van der Waals surface area contributed by atoms with Gasteiger partial charge in [-0.25, -0.2) is 8.42 Å². The van der Waals surface area contributed by atoms with E-state index in [1.54, 1.807) is 0 Å². The second kappa shape index (κ2) is 8.35. The fourth-order valence-electron chi connectivity index (χ4n) is 3.38. The minimum absolute atomic E-state index is 0.0246. The fraction of sp³-hybridized carbons (Fsp3) is 0.650. The molecule has 0 aliphatic carbocycles. The van der Waals surface area contributed by atoms with Crippen LogP contribution >= 0.6 is 0 Å². The maximum Gasteiger partial charge on any atom is 0.220 e. The van der Waals surface area contributed by atoms with Crippen molar-refractivity contribution in [2.24, 2.45) is 5.92 Å². The van der Waals surface area contributed by atoms with E-state index in [-0.39, 0.29) is 17.2 Å². The van der Waals surface area contributed by atoms with Gasteiger partial charge in [0, 0.05) is 13.0 Å². The summed E-state index contributed by atoms with van der Waals surface area (Å²) < 4.78 is 22.9. The molecule has 1 aliphatic rings. The lowest BCUT2D eigenvalue weighted by Gasteiger charge is -2.25. The number of benzene rings is 1. The van der Waals surface area contributed by atoms with Crippen LogP contribution in [0.3, 0.4) is 0 Å². The van der Waals surface area contributed by atoms with Crippen LogP contribution in [0.25, 0.3) is 0 Å². The largest absolute Gasteiger partial charge is 0.356 e. The molecule has 0 aromatic heterocycles. The van der Waals surface area contributed by atoms with E-state index in [9.17, 15) is 13.2 Å². The molecular weight excluding hydrogens is 334 g/mol. The summed E-state index contributed by atoms with van der Waals surface area (Å²) >= 11 is 0. The molecule has 1 fully saturated rings. The number of rotatable bonds is 8. The molecule has 1 N–H and O–H groups in total. The SMILES string of the molecule is Cc1ccc(C(C)(C)CCC(=O)NCCCC2CCS(=O)(=O)C2)cc1. The van der Waals surface area contributed by atoms with Crippen LogP contribution in [0.1, 0.15) is 57.1 Å². The summed E-state index contributed by atoms with van der Waals surface area (Å²) in [5, 5.41) is 2.97. The van der Waals surface area contributed by atoms with E-state index in [1.165, 1.54) is 11.1 Å². The van der Waals surface area contributed by atoms with E-state index in [0.29, 0.717) is 24.5 Å². The third-order valence-electron chi connectivity index (χ3n) is 5.25. The van der Waals surface area contributed by atoms with E-state index in [1.807, 2.05) is 0 Å². The van der Waals surface area contributed by atoms with Crippen LogP contribution in [0.15, 0.2) is 24.3 Å². The molecule has 0 radical (unpaired) electrons. The first-order valence-corrected chi connectivity index (χ1v) is 11.0. The lowest BCUT2D eigenvalue weighted by Crippen LogP contribution is -2.27. The van der Waals surface area contributed by atoms with Crippen LogP contribution in [0, 0.1) is 12.8 Å². The molecule has 4 nitrogen and oxygen atoms in total. The zero-order valence-corrected chi connectivity index (χ0v) is 16.5. The predicted molar refractivity (Wildman–Crippen MR) is 102 cm³/mol. The smallest absolute Gasteiger partial charge is 0.220 e. The van der Waals surface area contributed by atoms with E-state index in [0.717, 1.165) is 25.7 Å². The first-order chi connectivity index (χ1) is 11.7. The molecule has 1 amide bonds. The Bertz CT molecular complexity index is 677. The second-order valence-corrected chi connectivity index (χ2v) is 10.2. The van der Waals surface area contributed by atoms with E-state index in [2.05, 4.69) is 50.4 Å². The normalized spacial score (nSPS) is 19.7. The standard InChI is InChI=1S/C20H31NO3S/c1-16-6-8-18(9-7-16)20(2,3)12-10-19(22)21-13-4-5-17-11-14-25(23,24)15-17/h6-9,17H,4-5,10-15H2,1-3H3,(H,21,22). The number of hydrogen-bond acceptors (Lipinski definition) is 3. The van der Waals surface area contributed by atoms with Gasteiger partial charge in [-0.1, -0.05) is 43.7 Å². The fourth-order valence-corrected chi connectivity index (χ4v) is 5.29. The van der Waals surface area contributed by atoms with Crippen molar-refractivity contribution in [2.75, 3.05) is 18.1 Å². The molecule has 1 aromatic rings. The van der Waals surface area contributed by atoms with E-state index in [4.69, 9.17) is 0 Å². The number of hydrogen-bond donors (Lipinski definition) is 1. The first-order valence-electron chi connectivity index (χ1n) is 9.22. The van der Waals surface area contributed by atoms with Crippen LogP contribution in [0.4, 0.5) is 0 Å². The monoisotopic (exact) mass is 365 g/mol. The van der Waals surface area contributed by atoms with Crippen molar-refractivity contribution in [1.29, 1.82) is 0 Å². The zero-order valence-electron chi connectivity index (χ0n) is 15.7. The third kappa shape index (κ3) is 6.46. The molecule has 0 bridgehead atoms. The Balaban J connectivity index is 1.66. The van der Waals surface area contributed by atoms with Gasteiger partial charge in [-0.05, 0) is 49.5 Å². The summed E-state index contributed by atoms with van der Waals surface area (Å²) in [5.74, 6) is 1.02. The summed E-state index contributed by atoms with van der Waals surface area (Å²) in [4.78, 5) is 12.1. The number of aryl methyl sites for hydroxylation is 1. The van der Waals surface area contributed by atoms with Crippen LogP contribution in [0.5, 0.6) is 0 Å². The van der Waals surface area contributed by atoms with Gasteiger partial charge >= 0.3 is 0 Å². The van der Waals surface area contributed by atoms with Gasteiger partial charge in [0.05, 0.1) is 11.5 Å². The van der Waals surface area contributed by atoms with Crippen molar-refractivity contribution in [3.8, 4) is 0 Å². The molecule has 2 rings (SSSR count). The van der Waals surface area contributed by atoms with Crippen molar-refractivity contribution >= 4 is 15.7 Å². The average Bonchev–Trinajstić information content (AvgIpc) is 2.89. The first kappa shape index (κ1) is 20.0. The summed E-state index contributed by atoms with van der Waals surface area (Å²) in [7, 11) is -2.79. The van der Waals surface area contributed by atoms with Gasteiger partial charge in [-0.2, -0.15) is 0 Å². The number of amides is 1. The van der Waals surface area contributed by atoms with Gasteiger partial charge < -0.3 is 5.32 Å². The molecule has 1 heterocycles. The maximum atomic E-state index is 12.1. The minimum atomic E-state index is -2.79. The van der Waals surface area contributed by atoms with Gasteiger partial charge in [0.25, 0.3) is 0 Å². The molecule has 1 saturated heterocycles. The second-order valence-electron chi connectivity index (χ2n) is 8.01. The van der Waals surface area contributed by atoms with Crippen LogP contribution in [-0.4, -0.2) is 32.4 Å². The quantitative estimate of drug-likeness (QED) is 0.718. The molecule has 25 heavy (non-hydrogen) atoms. The number of nitrogens with one attached hydrogen (secondary N) is 1. The minimum Gasteiger partial charge on any atom is -0.356 e. The van der Waals surface area contributed by atoms with Gasteiger partial charge in [0.2, 0.25) is 5.91 Å². The van der Waals surface area contributed by atoms with Gasteiger partial charge in [0.15, 0.2) is 9.84 Å². The van der Waals surface area contributed by atoms with Crippen molar-refractivity contribution < 1.29 is 13.2 Å². The van der Waals surface area contributed by atoms with Crippen LogP contribution in [-0.2, 0) is 20.0 Å². The topological polar surface area (TPSA) is 63.2 Å². The van der Waals surface area contributed by atoms with Crippen molar-refractivity contribution in [3.63, 3.8) is 0 Å². The molecular formula is C20H31NO3S. The molecule has 1 unspecified atom stereocenters. The Hall–Kier alpha value is -1.36. The molecule has 5 heteroatoms. The Morgan fingerprint density at radius 2 is 1.92 bits per heavy atom. The Labute approximate surface area is 152 Å². The number of carbonyl (C=O) groups is 1. The highest BCUT2D eigenvalue weighted by Crippen LogP contribution is 2.28. The van der Waals surface area contributed by atoms with Crippen molar-refractivity contribution in [2.45, 2.75) is 58.3 Å². The highest BCUT2D eigenvalue weighted by Gasteiger charge is 2.27. The molecule has 0 spiro atoms. The maximum absolute atomic E-state index is 12.1. The molecule has 1 aliphatic heterocycles. The van der Waals surface area contributed by atoms with Gasteiger partial charge in [0.1, 0.15) is 0 Å². The van der Waals surface area contributed by atoms with Crippen LogP contribution < -0.4 is 5.32 Å². The zero-order chi connectivity index (χ0) is 18.5. The van der Waals surface area contributed by atoms with E-state index < -0.39 is 9.84 Å². The lowest BCUT2D eigenvalue weighted by molar-refractivity contribution is -0.121. The van der Waals surface area contributed by atoms with Gasteiger partial charge in [-0.3, -0.25) is 4.79 Å².